The van der Waals surface area contributed by atoms with Crippen molar-refractivity contribution in [3.63, 3.8) is 0 Å². The Labute approximate surface area is 190 Å². The molecule has 0 bridgehead atoms. The van der Waals surface area contributed by atoms with Crippen molar-refractivity contribution in [2.24, 2.45) is 0 Å². The van der Waals surface area contributed by atoms with E-state index in [0.29, 0.717) is 29.0 Å². The minimum absolute atomic E-state index is 0.0164. The summed E-state index contributed by atoms with van der Waals surface area (Å²) in [6, 6.07) is 14.9. The highest BCUT2D eigenvalue weighted by atomic mass is 16.5. The maximum atomic E-state index is 13.2. The number of hydrogen-bond donors (Lipinski definition) is 1. The van der Waals surface area contributed by atoms with Crippen molar-refractivity contribution >= 4 is 23.1 Å². The SMILES string of the molecule is COc1cccc(N2C(=O)C(=O)/C(=C(\O)c3ccc4c(c3)CC(C)O4)C2c2cccnc2)c1. The van der Waals surface area contributed by atoms with Crippen LogP contribution in [0, 0.1) is 0 Å². The second kappa shape index (κ2) is 8.09. The smallest absolute Gasteiger partial charge is 0.300 e. The number of fused-ring (bicyclic) bond motifs is 1. The first kappa shape index (κ1) is 20.8. The van der Waals surface area contributed by atoms with Crippen LogP contribution in [0.2, 0.25) is 0 Å². The number of rotatable bonds is 4. The Morgan fingerprint density at radius 1 is 1.15 bits per heavy atom. The Kier molecular flexibility index (Phi) is 5.09. The number of pyridine rings is 1. The van der Waals surface area contributed by atoms with Gasteiger partial charge in [0.05, 0.1) is 18.7 Å². The molecule has 166 valence electrons. The number of anilines is 1. The molecule has 0 saturated carbocycles. The Bertz CT molecular complexity index is 1280. The molecule has 7 heteroatoms. The van der Waals surface area contributed by atoms with Gasteiger partial charge in [0.15, 0.2) is 0 Å². The summed E-state index contributed by atoms with van der Waals surface area (Å²) in [6.45, 7) is 1.97. The number of carbonyl (C=O) groups is 2. The lowest BCUT2D eigenvalue weighted by atomic mass is 9.95. The topological polar surface area (TPSA) is 89.0 Å². The van der Waals surface area contributed by atoms with Crippen LogP contribution in [0.4, 0.5) is 5.69 Å². The fourth-order valence-corrected chi connectivity index (χ4v) is 4.44. The van der Waals surface area contributed by atoms with Crippen LogP contribution >= 0.6 is 0 Å². The molecule has 0 spiro atoms. The van der Waals surface area contributed by atoms with Gasteiger partial charge < -0.3 is 14.6 Å². The minimum atomic E-state index is -0.839. The molecule has 2 unspecified atom stereocenters. The maximum Gasteiger partial charge on any atom is 0.300 e. The molecule has 1 saturated heterocycles. The van der Waals surface area contributed by atoms with E-state index in [4.69, 9.17) is 9.47 Å². The minimum Gasteiger partial charge on any atom is -0.507 e. The third-order valence-corrected chi connectivity index (χ3v) is 5.95. The second-order valence-corrected chi connectivity index (χ2v) is 8.11. The van der Waals surface area contributed by atoms with Gasteiger partial charge in [0.2, 0.25) is 0 Å². The summed E-state index contributed by atoms with van der Waals surface area (Å²) in [6.07, 6.45) is 3.96. The van der Waals surface area contributed by atoms with Crippen LogP contribution in [0.25, 0.3) is 5.76 Å². The van der Waals surface area contributed by atoms with Crippen molar-refractivity contribution in [1.29, 1.82) is 0 Å². The lowest BCUT2D eigenvalue weighted by Gasteiger charge is -2.25. The molecule has 1 amide bonds. The van der Waals surface area contributed by atoms with Gasteiger partial charge in [0.25, 0.3) is 11.7 Å². The number of aliphatic hydroxyl groups is 1. The lowest BCUT2D eigenvalue weighted by molar-refractivity contribution is -0.132. The number of aromatic nitrogens is 1. The summed E-state index contributed by atoms with van der Waals surface area (Å²) in [4.78, 5) is 32.0. The van der Waals surface area contributed by atoms with Crippen molar-refractivity contribution in [1.82, 2.24) is 4.98 Å². The standard InChI is InChI=1S/C26H22N2O5/c1-15-11-18-12-16(8-9-21(18)33-15)24(29)22-23(17-5-4-10-27-14-17)28(26(31)25(22)30)19-6-3-7-20(13-19)32-2/h3-10,12-15,23,29H,11H2,1-2H3/b24-22-. The van der Waals surface area contributed by atoms with Crippen molar-refractivity contribution in [2.45, 2.75) is 25.5 Å². The molecule has 5 rings (SSSR count). The van der Waals surface area contributed by atoms with Gasteiger partial charge in [-0.15, -0.1) is 0 Å². The normalized spacial score (nSPS) is 21.1. The van der Waals surface area contributed by atoms with E-state index in [9.17, 15) is 14.7 Å². The van der Waals surface area contributed by atoms with Crippen molar-refractivity contribution in [3.8, 4) is 11.5 Å². The monoisotopic (exact) mass is 442 g/mol. The fourth-order valence-electron chi connectivity index (χ4n) is 4.44. The van der Waals surface area contributed by atoms with Crippen molar-refractivity contribution < 1.29 is 24.2 Å². The summed E-state index contributed by atoms with van der Waals surface area (Å²) >= 11 is 0. The van der Waals surface area contributed by atoms with Gasteiger partial charge in [-0.25, -0.2) is 0 Å². The van der Waals surface area contributed by atoms with Crippen LogP contribution in [0.1, 0.15) is 29.7 Å². The summed E-state index contributed by atoms with van der Waals surface area (Å²) < 4.78 is 11.0. The largest absolute Gasteiger partial charge is 0.507 e. The highest BCUT2D eigenvalue weighted by Crippen LogP contribution is 2.43. The molecular weight excluding hydrogens is 420 g/mol. The Balaban J connectivity index is 1.68. The summed E-state index contributed by atoms with van der Waals surface area (Å²) in [5.74, 6) is -0.396. The first-order valence-electron chi connectivity index (χ1n) is 10.6. The molecule has 1 fully saturated rings. The molecule has 0 radical (unpaired) electrons. The van der Waals surface area contributed by atoms with E-state index in [1.807, 2.05) is 13.0 Å². The molecule has 0 aliphatic carbocycles. The number of ether oxygens (including phenoxy) is 2. The van der Waals surface area contributed by atoms with E-state index in [0.717, 1.165) is 11.3 Å². The number of methoxy groups -OCH3 is 1. The van der Waals surface area contributed by atoms with Crippen LogP contribution in [0.5, 0.6) is 11.5 Å². The molecule has 1 aromatic heterocycles. The van der Waals surface area contributed by atoms with Crippen LogP contribution in [-0.4, -0.2) is 35.0 Å². The van der Waals surface area contributed by atoms with Crippen molar-refractivity contribution in [3.05, 3.63) is 89.3 Å². The van der Waals surface area contributed by atoms with Gasteiger partial charge >= 0.3 is 0 Å². The molecule has 2 atom stereocenters. The van der Waals surface area contributed by atoms with Crippen LogP contribution < -0.4 is 14.4 Å². The number of amides is 1. The Morgan fingerprint density at radius 2 is 2.00 bits per heavy atom. The van der Waals surface area contributed by atoms with E-state index >= 15 is 0 Å². The zero-order chi connectivity index (χ0) is 23.1. The average molecular weight is 442 g/mol. The number of nitrogens with zero attached hydrogens (tertiary/aromatic N) is 2. The number of aliphatic hydroxyl groups excluding tert-OH is 1. The Hall–Kier alpha value is -4.13. The third-order valence-electron chi connectivity index (χ3n) is 5.95. The lowest BCUT2D eigenvalue weighted by Crippen LogP contribution is -2.29. The van der Waals surface area contributed by atoms with E-state index in [1.165, 1.54) is 12.0 Å². The zero-order valence-corrected chi connectivity index (χ0v) is 18.2. The molecule has 2 aromatic carbocycles. The van der Waals surface area contributed by atoms with E-state index in [1.54, 1.807) is 60.9 Å². The van der Waals surface area contributed by atoms with Gasteiger partial charge in [-0.3, -0.25) is 19.5 Å². The number of hydrogen-bond acceptors (Lipinski definition) is 6. The van der Waals surface area contributed by atoms with E-state index in [-0.39, 0.29) is 17.4 Å². The fraction of sp³-hybridized carbons (Fsp3) is 0.192. The van der Waals surface area contributed by atoms with Gasteiger partial charge in [0, 0.05) is 36.1 Å². The number of ketones is 1. The summed E-state index contributed by atoms with van der Waals surface area (Å²) in [5, 5.41) is 11.3. The molecular formula is C26H22N2O5. The molecule has 3 aromatic rings. The summed E-state index contributed by atoms with van der Waals surface area (Å²) in [5.41, 5.74) is 2.53. The van der Waals surface area contributed by atoms with Crippen LogP contribution in [-0.2, 0) is 16.0 Å². The predicted octanol–water partition coefficient (Wildman–Crippen LogP) is 4.04. The number of benzene rings is 2. The molecule has 1 N–H and O–H groups in total. The second-order valence-electron chi connectivity index (χ2n) is 8.11. The van der Waals surface area contributed by atoms with Crippen molar-refractivity contribution in [2.75, 3.05) is 12.0 Å². The third kappa shape index (κ3) is 3.51. The zero-order valence-electron chi connectivity index (χ0n) is 18.2. The predicted molar refractivity (Wildman–Crippen MR) is 122 cm³/mol. The van der Waals surface area contributed by atoms with Gasteiger partial charge in [-0.2, -0.15) is 0 Å². The van der Waals surface area contributed by atoms with E-state index < -0.39 is 17.7 Å². The molecule has 2 aliphatic heterocycles. The molecule has 2 aliphatic rings. The van der Waals surface area contributed by atoms with E-state index in [2.05, 4.69) is 4.98 Å². The molecule has 33 heavy (non-hydrogen) atoms. The highest BCUT2D eigenvalue weighted by molar-refractivity contribution is 6.51. The Morgan fingerprint density at radius 3 is 2.76 bits per heavy atom. The number of Topliss-reactive ketones (excluding diaryl/α,β-unsaturated/α-hetero) is 1. The van der Waals surface area contributed by atoms with Gasteiger partial charge in [-0.05, 0) is 54.4 Å². The summed E-state index contributed by atoms with van der Waals surface area (Å²) in [7, 11) is 1.53. The first-order chi connectivity index (χ1) is 16.0. The molecule has 7 nitrogen and oxygen atoms in total. The highest BCUT2D eigenvalue weighted by Gasteiger charge is 2.47. The van der Waals surface area contributed by atoms with Gasteiger partial charge in [0.1, 0.15) is 23.4 Å². The first-order valence-corrected chi connectivity index (χ1v) is 10.6. The van der Waals surface area contributed by atoms with Crippen LogP contribution in [0.15, 0.2) is 72.6 Å². The number of carbonyl (C=O) groups excluding carboxylic acids is 2. The maximum absolute atomic E-state index is 13.2. The average Bonchev–Trinajstić information content (AvgIpc) is 3.34. The molecule has 3 heterocycles. The van der Waals surface area contributed by atoms with Gasteiger partial charge in [-0.1, -0.05) is 12.1 Å². The quantitative estimate of drug-likeness (QED) is 0.373. The van der Waals surface area contributed by atoms with Crippen LogP contribution in [0.3, 0.4) is 0 Å².